The molecule has 4 rings (SSSR count). The highest BCUT2D eigenvalue weighted by Gasteiger charge is 2.25. The van der Waals surface area contributed by atoms with Crippen LogP contribution in [0.1, 0.15) is 41.2 Å². The second-order valence-corrected chi connectivity index (χ2v) is 6.21. The molecule has 9 heteroatoms. The first kappa shape index (κ1) is 17.1. The highest BCUT2D eigenvalue weighted by atomic mass is 19.3. The van der Waals surface area contributed by atoms with Gasteiger partial charge in [-0.15, -0.1) is 0 Å². The van der Waals surface area contributed by atoms with Crippen LogP contribution in [0, 0.1) is 0 Å². The fourth-order valence-corrected chi connectivity index (χ4v) is 2.77. The Labute approximate surface area is 152 Å². The maximum Gasteiger partial charge on any atom is 0.336 e. The van der Waals surface area contributed by atoms with Crippen molar-refractivity contribution < 1.29 is 18.7 Å². The predicted molar refractivity (Wildman–Crippen MR) is 93.2 cm³/mol. The van der Waals surface area contributed by atoms with Crippen molar-refractivity contribution in [1.82, 2.24) is 19.7 Å². The van der Waals surface area contributed by atoms with Gasteiger partial charge in [-0.3, -0.25) is 4.68 Å². The first-order chi connectivity index (χ1) is 13.0. The van der Waals surface area contributed by atoms with E-state index in [1.807, 2.05) is 4.68 Å². The van der Waals surface area contributed by atoms with E-state index >= 15 is 0 Å². The van der Waals surface area contributed by atoms with Gasteiger partial charge in [-0.1, -0.05) is 18.2 Å². The number of carboxylic acids is 1. The van der Waals surface area contributed by atoms with E-state index in [-0.39, 0.29) is 22.8 Å². The lowest BCUT2D eigenvalue weighted by molar-refractivity contribution is 0.0697. The summed E-state index contributed by atoms with van der Waals surface area (Å²) < 4.78 is 28.7. The third-order valence-corrected chi connectivity index (χ3v) is 4.24. The molecule has 27 heavy (non-hydrogen) atoms. The Morgan fingerprint density at radius 2 is 2.04 bits per heavy atom. The van der Waals surface area contributed by atoms with E-state index in [4.69, 9.17) is 0 Å². The second kappa shape index (κ2) is 6.75. The van der Waals surface area contributed by atoms with Crippen molar-refractivity contribution in [2.45, 2.75) is 25.3 Å². The van der Waals surface area contributed by atoms with Gasteiger partial charge < -0.3 is 10.4 Å². The number of halogens is 2. The molecule has 0 aliphatic heterocycles. The predicted octanol–water partition coefficient (Wildman–Crippen LogP) is 4.05. The Hall–Kier alpha value is -3.36. The van der Waals surface area contributed by atoms with Gasteiger partial charge in [-0.2, -0.15) is 5.10 Å². The topological polar surface area (TPSA) is 92.9 Å². The molecule has 1 saturated carbocycles. The monoisotopic (exact) mass is 371 g/mol. The number of benzene rings is 1. The molecule has 0 radical (unpaired) electrons. The maximum atomic E-state index is 13.4. The van der Waals surface area contributed by atoms with E-state index in [9.17, 15) is 18.7 Å². The van der Waals surface area contributed by atoms with Crippen molar-refractivity contribution in [1.29, 1.82) is 0 Å². The molecule has 0 amide bonds. The van der Waals surface area contributed by atoms with Gasteiger partial charge in [-0.25, -0.2) is 23.5 Å². The normalized spacial score (nSPS) is 13.7. The largest absolute Gasteiger partial charge is 0.478 e. The molecule has 0 saturated heterocycles. The summed E-state index contributed by atoms with van der Waals surface area (Å²) in [6, 6.07) is 6.31. The van der Waals surface area contributed by atoms with Crippen molar-refractivity contribution in [2.24, 2.45) is 0 Å². The molecule has 0 spiro atoms. The van der Waals surface area contributed by atoms with Gasteiger partial charge in [0.15, 0.2) is 0 Å². The molecule has 1 fully saturated rings. The number of carbonyl (C=O) groups is 1. The number of aromatic carboxylic acids is 1. The number of nitrogens with one attached hydrogen (secondary N) is 1. The molecule has 138 valence electrons. The SMILES string of the molecule is O=C(O)c1ccccc1-c1nc(Nc2cnn(C3CC3)c2)ncc1C(F)F. The molecule has 1 aliphatic carbocycles. The molecule has 2 heterocycles. The minimum atomic E-state index is -2.84. The lowest BCUT2D eigenvalue weighted by Crippen LogP contribution is -2.05. The van der Waals surface area contributed by atoms with Gasteiger partial charge in [0.05, 0.1) is 34.7 Å². The molecule has 3 aromatic rings. The summed E-state index contributed by atoms with van der Waals surface area (Å²) in [6.45, 7) is 0. The van der Waals surface area contributed by atoms with Gasteiger partial charge in [-0.05, 0) is 18.9 Å². The smallest absolute Gasteiger partial charge is 0.336 e. The molecule has 7 nitrogen and oxygen atoms in total. The number of carboxylic acid groups (broad SMARTS) is 1. The zero-order valence-electron chi connectivity index (χ0n) is 14.0. The minimum absolute atomic E-state index is 0.0879. The van der Waals surface area contributed by atoms with Gasteiger partial charge >= 0.3 is 5.97 Å². The van der Waals surface area contributed by atoms with Gasteiger partial charge in [0.2, 0.25) is 5.95 Å². The quantitative estimate of drug-likeness (QED) is 0.679. The minimum Gasteiger partial charge on any atom is -0.478 e. The highest BCUT2D eigenvalue weighted by Crippen LogP contribution is 2.35. The first-order valence-electron chi connectivity index (χ1n) is 8.32. The van der Waals surface area contributed by atoms with Crippen LogP contribution >= 0.6 is 0 Å². The molecule has 2 N–H and O–H groups in total. The van der Waals surface area contributed by atoms with E-state index < -0.39 is 18.0 Å². The second-order valence-electron chi connectivity index (χ2n) is 6.21. The lowest BCUT2D eigenvalue weighted by Gasteiger charge is -2.12. The summed E-state index contributed by atoms with van der Waals surface area (Å²) >= 11 is 0. The van der Waals surface area contributed by atoms with Gasteiger partial charge in [0, 0.05) is 18.0 Å². The Kier molecular flexibility index (Phi) is 4.27. The van der Waals surface area contributed by atoms with Gasteiger partial charge in [0.25, 0.3) is 6.43 Å². The van der Waals surface area contributed by atoms with Crippen molar-refractivity contribution in [3.8, 4) is 11.3 Å². The Bertz CT molecular complexity index is 1000. The summed E-state index contributed by atoms with van der Waals surface area (Å²) in [5.74, 6) is -1.13. The van der Waals surface area contributed by atoms with Crippen LogP contribution in [0.3, 0.4) is 0 Å². The maximum absolute atomic E-state index is 13.4. The van der Waals surface area contributed by atoms with Crippen LogP contribution < -0.4 is 5.32 Å². The molecule has 1 aromatic carbocycles. The zero-order chi connectivity index (χ0) is 19.0. The summed E-state index contributed by atoms with van der Waals surface area (Å²) in [5, 5.41) is 16.5. The van der Waals surface area contributed by atoms with Gasteiger partial charge in [0.1, 0.15) is 0 Å². The molecule has 2 aromatic heterocycles. The van der Waals surface area contributed by atoms with Crippen LogP contribution in [0.25, 0.3) is 11.3 Å². The third kappa shape index (κ3) is 3.48. The lowest BCUT2D eigenvalue weighted by atomic mass is 10.0. The molecular formula is C18H15F2N5O2. The highest BCUT2D eigenvalue weighted by molar-refractivity contribution is 5.95. The number of aromatic nitrogens is 4. The van der Waals surface area contributed by atoms with Crippen molar-refractivity contribution in [3.63, 3.8) is 0 Å². The number of alkyl halides is 2. The van der Waals surface area contributed by atoms with Crippen LogP contribution in [0.15, 0.2) is 42.9 Å². The zero-order valence-corrected chi connectivity index (χ0v) is 14.0. The van der Waals surface area contributed by atoms with Crippen molar-refractivity contribution in [2.75, 3.05) is 5.32 Å². The number of hydrogen-bond donors (Lipinski definition) is 2. The fraction of sp³-hybridized carbons (Fsp3) is 0.222. The van der Waals surface area contributed by atoms with E-state index in [1.54, 1.807) is 18.5 Å². The first-order valence-corrected chi connectivity index (χ1v) is 8.32. The molecule has 0 atom stereocenters. The number of nitrogens with zero attached hydrogens (tertiary/aromatic N) is 4. The molecular weight excluding hydrogens is 356 g/mol. The van der Waals surface area contributed by atoms with E-state index in [0.717, 1.165) is 19.0 Å². The number of rotatable bonds is 6. The molecule has 1 aliphatic rings. The Morgan fingerprint density at radius 1 is 1.26 bits per heavy atom. The standard InChI is InChI=1S/C18H15F2N5O2/c19-16(20)14-8-21-18(23-10-7-22-25(9-10)11-5-6-11)24-15(14)12-3-1-2-4-13(12)17(26)27/h1-4,7-9,11,16H,5-6H2,(H,26,27)(H,21,23,24). The van der Waals surface area contributed by atoms with Crippen LogP contribution in [0.5, 0.6) is 0 Å². The van der Waals surface area contributed by atoms with E-state index in [2.05, 4.69) is 20.4 Å². The van der Waals surface area contributed by atoms with Crippen LogP contribution in [0.2, 0.25) is 0 Å². The third-order valence-electron chi connectivity index (χ3n) is 4.24. The Balaban J connectivity index is 1.73. The average molecular weight is 371 g/mol. The number of hydrogen-bond acceptors (Lipinski definition) is 5. The summed E-state index contributed by atoms with van der Waals surface area (Å²) in [7, 11) is 0. The van der Waals surface area contributed by atoms with E-state index in [1.165, 1.54) is 18.2 Å². The van der Waals surface area contributed by atoms with Crippen molar-refractivity contribution in [3.05, 3.63) is 54.0 Å². The van der Waals surface area contributed by atoms with Crippen LogP contribution in [0.4, 0.5) is 20.4 Å². The van der Waals surface area contributed by atoms with Crippen LogP contribution in [-0.4, -0.2) is 30.8 Å². The van der Waals surface area contributed by atoms with E-state index in [0.29, 0.717) is 11.7 Å². The molecule has 0 unspecified atom stereocenters. The summed E-state index contributed by atoms with van der Waals surface area (Å²) in [5.41, 5.74) is 0.0900. The molecule has 0 bridgehead atoms. The fourth-order valence-electron chi connectivity index (χ4n) is 2.77. The Morgan fingerprint density at radius 3 is 2.74 bits per heavy atom. The van der Waals surface area contributed by atoms with Crippen LogP contribution in [-0.2, 0) is 0 Å². The average Bonchev–Trinajstić information content (AvgIpc) is 3.41. The van der Waals surface area contributed by atoms with Crippen molar-refractivity contribution >= 4 is 17.6 Å². The number of anilines is 2. The summed E-state index contributed by atoms with van der Waals surface area (Å²) in [6.07, 6.45) is 3.74. The summed E-state index contributed by atoms with van der Waals surface area (Å²) in [4.78, 5) is 19.6.